The second kappa shape index (κ2) is 6.38. The second-order valence-corrected chi connectivity index (χ2v) is 6.06. The van der Waals surface area contributed by atoms with Crippen molar-refractivity contribution in [2.45, 2.75) is 70.0 Å². The summed E-state index contributed by atoms with van der Waals surface area (Å²) in [5.74, 6) is 0.176. The Kier molecular flexibility index (Phi) is 4.81. The molecule has 1 saturated heterocycles. The van der Waals surface area contributed by atoms with Crippen molar-refractivity contribution in [3.63, 3.8) is 0 Å². The van der Waals surface area contributed by atoms with E-state index in [1.54, 1.807) is 0 Å². The van der Waals surface area contributed by atoms with E-state index < -0.39 is 0 Å². The molecule has 0 aromatic heterocycles. The van der Waals surface area contributed by atoms with Crippen LogP contribution < -0.4 is 0 Å². The largest absolute Gasteiger partial charge is 0.334 e. The number of piperazine rings is 1. The number of nitrogens with zero attached hydrogens (tertiary/aromatic N) is 3. The van der Waals surface area contributed by atoms with E-state index in [2.05, 4.69) is 17.9 Å². The van der Waals surface area contributed by atoms with Crippen molar-refractivity contribution in [2.75, 3.05) is 13.6 Å². The molecule has 2 unspecified atom stereocenters. The third-order valence-electron chi connectivity index (χ3n) is 4.60. The maximum absolute atomic E-state index is 12.7. The van der Waals surface area contributed by atoms with Crippen LogP contribution in [0.3, 0.4) is 0 Å². The molecule has 1 amide bonds. The smallest absolute Gasteiger partial charge is 0.241 e. The number of carbonyl (C=O) groups excluding carboxylic acids is 1. The van der Waals surface area contributed by atoms with Gasteiger partial charge in [0, 0.05) is 18.6 Å². The highest BCUT2D eigenvalue weighted by molar-refractivity contribution is 5.83. The van der Waals surface area contributed by atoms with Gasteiger partial charge in [0.1, 0.15) is 6.04 Å². The first-order valence-electron chi connectivity index (χ1n) is 7.54. The summed E-state index contributed by atoms with van der Waals surface area (Å²) in [5.41, 5.74) is 0. The van der Waals surface area contributed by atoms with Crippen molar-refractivity contribution in [1.29, 1.82) is 5.26 Å². The number of carbonyl (C=O) groups is 1. The lowest BCUT2D eigenvalue weighted by molar-refractivity contribution is -0.148. The average Bonchev–Trinajstić information content (AvgIpc) is 2.63. The van der Waals surface area contributed by atoms with Gasteiger partial charge in [-0.1, -0.05) is 25.7 Å². The molecule has 0 radical (unpaired) electrons. The number of nitriles is 1. The topological polar surface area (TPSA) is 47.3 Å². The summed E-state index contributed by atoms with van der Waals surface area (Å²) in [4.78, 5) is 16.8. The fourth-order valence-electron chi connectivity index (χ4n) is 3.62. The minimum Gasteiger partial charge on any atom is -0.334 e. The molecule has 0 N–H and O–H groups in total. The minimum atomic E-state index is -0.232. The molecule has 4 heteroatoms. The van der Waals surface area contributed by atoms with E-state index in [9.17, 15) is 4.79 Å². The number of hydrogen-bond acceptors (Lipinski definition) is 3. The van der Waals surface area contributed by atoms with E-state index in [1.807, 2.05) is 11.9 Å². The Labute approximate surface area is 116 Å². The number of rotatable bonds is 2. The average molecular weight is 263 g/mol. The van der Waals surface area contributed by atoms with Gasteiger partial charge in [0.25, 0.3) is 0 Å². The second-order valence-electron chi connectivity index (χ2n) is 6.06. The van der Waals surface area contributed by atoms with Crippen molar-refractivity contribution in [1.82, 2.24) is 9.80 Å². The first-order chi connectivity index (χ1) is 9.15. The number of hydrogen-bond donors (Lipinski definition) is 0. The van der Waals surface area contributed by atoms with E-state index in [4.69, 9.17) is 5.26 Å². The lowest BCUT2D eigenvalue weighted by Crippen LogP contribution is -2.62. The Balaban J connectivity index is 2.13. The highest BCUT2D eigenvalue weighted by Crippen LogP contribution is 2.27. The highest BCUT2D eigenvalue weighted by Gasteiger charge is 2.39. The minimum absolute atomic E-state index is 0.176. The van der Waals surface area contributed by atoms with E-state index in [-0.39, 0.29) is 18.0 Å². The van der Waals surface area contributed by atoms with Gasteiger partial charge in [0.15, 0.2) is 0 Å². The van der Waals surface area contributed by atoms with Gasteiger partial charge in [-0.3, -0.25) is 9.69 Å². The zero-order chi connectivity index (χ0) is 13.8. The summed E-state index contributed by atoms with van der Waals surface area (Å²) < 4.78 is 0. The van der Waals surface area contributed by atoms with Crippen molar-refractivity contribution in [2.24, 2.45) is 0 Å². The van der Waals surface area contributed by atoms with Gasteiger partial charge in [0.2, 0.25) is 5.91 Å². The molecule has 106 valence electrons. The standard InChI is InChI=1S/C15H25N3O/c1-12-11-17(2)14(9-10-16)15(19)18(12)13-7-5-3-4-6-8-13/h12-14H,3-9,11H2,1-2H3. The van der Waals surface area contributed by atoms with Gasteiger partial charge >= 0.3 is 0 Å². The summed E-state index contributed by atoms with van der Waals surface area (Å²) in [7, 11) is 1.96. The monoisotopic (exact) mass is 263 g/mol. The molecule has 0 bridgehead atoms. The Morgan fingerprint density at radius 1 is 1.26 bits per heavy atom. The molecule has 2 aliphatic rings. The van der Waals surface area contributed by atoms with Gasteiger partial charge in [0.05, 0.1) is 12.5 Å². The van der Waals surface area contributed by atoms with E-state index in [0.717, 1.165) is 19.4 Å². The first kappa shape index (κ1) is 14.3. The number of amides is 1. The molecule has 0 spiro atoms. The van der Waals surface area contributed by atoms with Crippen LogP contribution in [0.25, 0.3) is 0 Å². The molecule has 1 saturated carbocycles. The van der Waals surface area contributed by atoms with Gasteiger partial charge in [-0.25, -0.2) is 0 Å². The molecule has 1 aliphatic heterocycles. The molecule has 2 fully saturated rings. The maximum Gasteiger partial charge on any atom is 0.241 e. The van der Waals surface area contributed by atoms with Crippen LogP contribution in [0.5, 0.6) is 0 Å². The van der Waals surface area contributed by atoms with Crippen molar-refractivity contribution in [3.8, 4) is 6.07 Å². The summed E-state index contributed by atoms with van der Waals surface area (Å²) >= 11 is 0. The van der Waals surface area contributed by atoms with Crippen LogP contribution in [0.2, 0.25) is 0 Å². The summed E-state index contributed by atoms with van der Waals surface area (Å²) in [6, 6.07) is 2.60. The first-order valence-corrected chi connectivity index (χ1v) is 7.54. The molecule has 2 atom stereocenters. The van der Waals surface area contributed by atoms with Gasteiger partial charge in [-0.2, -0.15) is 5.26 Å². The van der Waals surface area contributed by atoms with Crippen molar-refractivity contribution in [3.05, 3.63) is 0 Å². The molecule has 0 aromatic carbocycles. The zero-order valence-electron chi connectivity index (χ0n) is 12.1. The zero-order valence-corrected chi connectivity index (χ0v) is 12.1. The van der Waals surface area contributed by atoms with Crippen LogP contribution in [-0.4, -0.2) is 47.4 Å². The van der Waals surface area contributed by atoms with Crippen LogP contribution in [0, 0.1) is 11.3 Å². The molecule has 19 heavy (non-hydrogen) atoms. The molecule has 2 rings (SSSR count). The van der Waals surface area contributed by atoms with E-state index >= 15 is 0 Å². The molecular weight excluding hydrogens is 238 g/mol. The molecule has 1 heterocycles. The SMILES string of the molecule is CC1CN(C)C(CC#N)C(=O)N1C1CCCCCC1. The quantitative estimate of drug-likeness (QED) is 0.717. The molecule has 4 nitrogen and oxygen atoms in total. The summed E-state index contributed by atoms with van der Waals surface area (Å²) in [6.07, 6.45) is 7.66. The highest BCUT2D eigenvalue weighted by atomic mass is 16.2. The lowest BCUT2D eigenvalue weighted by atomic mass is 9.98. The van der Waals surface area contributed by atoms with Gasteiger partial charge < -0.3 is 4.90 Å². The van der Waals surface area contributed by atoms with E-state index in [1.165, 1.54) is 25.7 Å². The third-order valence-corrected chi connectivity index (χ3v) is 4.60. The predicted molar refractivity (Wildman–Crippen MR) is 74.4 cm³/mol. The lowest BCUT2D eigenvalue weighted by Gasteiger charge is -2.46. The van der Waals surface area contributed by atoms with Crippen LogP contribution in [0.15, 0.2) is 0 Å². The Bertz CT molecular complexity index is 355. The van der Waals surface area contributed by atoms with Crippen molar-refractivity contribution < 1.29 is 4.79 Å². The Hall–Kier alpha value is -1.08. The number of likely N-dealkylation sites (N-methyl/N-ethyl adjacent to an activating group) is 1. The van der Waals surface area contributed by atoms with Crippen molar-refractivity contribution >= 4 is 5.91 Å². The van der Waals surface area contributed by atoms with Crippen LogP contribution in [0.1, 0.15) is 51.9 Å². The predicted octanol–water partition coefficient (Wildman–Crippen LogP) is 2.15. The van der Waals surface area contributed by atoms with Gasteiger partial charge in [-0.05, 0) is 26.8 Å². The fraction of sp³-hybridized carbons (Fsp3) is 0.867. The maximum atomic E-state index is 12.7. The third kappa shape index (κ3) is 3.09. The van der Waals surface area contributed by atoms with Crippen LogP contribution in [0.4, 0.5) is 0 Å². The van der Waals surface area contributed by atoms with Crippen LogP contribution >= 0.6 is 0 Å². The molecule has 0 aromatic rings. The Morgan fingerprint density at radius 2 is 1.89 bits per heavy atom. The summed E-state index contributed by atoms with van der Waals surface area (Å²) in [5, 5.41) is 8.91. The molecular formula is C15H25N3O. The van der Waals surface area contributed by atoms with Crippen LogP contribution in [-0.2, 0) is 4.79 Å². The van der Waals surface area contributed by atoms with Gasteiger partial charge in [-0.15, -0.1) is 0 Å². The normalized spacial score (nSPS) is 31.0. The van der Waals surface area contributed by atoms with E-state index in [0.29, 0.717) is 12.5 Å². The fourth-order valence-corrected chi connectivity index (χ4v) is 3.62. The molecule has 1 aliphatic carbocycles. The Morgan fingerprint density at radius 3 is 2.47 bits per heavy atom. The summed E-state index contributed by atoms with van der Waals surface area (Å²) in [6.45, 7) is 3.02.